The molecule has 424 valence electrons. The number of nitrogens with one attached hydrogen (secondary N) is 3. The second-order valence-electron chi connectivity index (χ2n) is 18.2. The van der Waals surface area contributed by atoms with Gasteiger partial charge in [0.25, 0.3) is 23.6 Å². The molecule has 0 saturated carbocycles. The van der Waals surface area contributed by atoms with Gasteiger partial charge in [-0.05, 0) is 89.4 Å². The largest absolute Gasteiger partial charge is 0.494 e. The van der Waals surface area contributed by atoms with Crippen LogP contribution in [0.25, 0.3) is 22.1 Å². The van der Waals surface area contributed by atoms with Crippen LogP contribution >= 0.6 is 0 Å². The molecule has 0 aliphatic carbocycles. The van der Waals surface area contributed by atoms with Gasteiger partial charge in [-0.25, -0.2) is 9.97 Å². The summed E-state index contributed by atoms with van der Waals surface area (Å²) in [5.74, 6) is -3.24. The van der Waals surface area contributed by atoms with E-state index in [0.29, 0.717) is 70.1 Å². The molecule has 1 aliphatic heterocycles. The Morgan fingerprint density at radius 3 is 1.81 bits per heavy atom. The maximum absolute atomic E-state index is 14.0. The molecule has 80 heavy (non-hydrogen) atoms. The fourth-order valence-corrected chi connectivity index (χ4v) is 8.79. The van der Waals surface area contributed by atoms with Gasteiger partial charge in [0.15, 0.2) is 0 Å². The monoisotopic (exact) mass is 1100 g/mol. The van der Waals surface area contributed by atoms with Gasteiger partial charge in [0.1, 0.15) is 40.0 Å². The van der Waals surface area contributed by atoms with Gasteiger partial charge in [0.2, 0.25) is 36.0 Å². The fourth-order valence-electron chi connectivity index (χ4n) is 8.79. The summed E-state index contributed by atoms with van der Waals surface area (Å²) in [6.45, 7) is 10.5. The van der Waals surface area contributed by atoms with E-state index in [1.165, 1.54) is 31.3 Å². The number of anilines is 2. The van der Waals surface area contributed by atoms with Gasteiger partial charge >= 0.3 is 5.97 Å². The Kier molecular flexibility index (Phi) is 20.1. The van der Waals surface area contributed by atoms with Crippen molar-refractivity contribution in [2.75, 3.05) is 51.6 Å². The number of nitrogens with two attached hydrogens (primary N) is 2. The van der Waals surface area contributed by atoms with Crippen LogP contribution in [0.15, 0.2) is 60.7 Å². The predicted molar refractivity (Wildman–Crippen MR) is 291 cm³/mol. The van der Waals surface area contributed by atoms with Crippen LogP contribution in [0.2, 0.25) is 0 Å². The summed E-state index contributed by atoms with van der Waals surface area (Å²) in [4.78, 5) is 123. The zero-order valence-electron chi connectivity index (χ0n) is 45.7. The van der Waals surface area contributed by atoms with Gasteiger partial charge < -0.3 is 45.0 Å². The lowest BCUT2D eigenvalue weighted by Gasteiger charge is -2.25. The molecule has 7 rings (SSSR count). The minimum Gasteiger partial charge on any atom is -0.494 e. The highest BCUT2D eigenvalue weighted by Gasteiger charge is 2.29. The van der Waals surface area contributed by atoms with Crippen molar-refractivity contribution in [1.82, 2.24) is 53.8 Å². The van der Waals surface area contributed by atoms with Crippen molar-refractivity contribution in [3.63, 3.8) is 0 Å². The van der Waals surface area contributed by atoms with E-state index < -0.39 is 53.4 Å². The van der Waals surface area contributed by atoms with E-state index in [0.717, 1.165) is 22.6 Å². The van der Waals surface area contributed by atoms with Gasteiger partial charge in [-0.1, -0.05) is 12.2 Å². The van der Waals surface area contributed by atoms with Gasteiger partial charge in [-0.2, -0.15) is 10.2 Å². The van der Waals surface area contributed by atoms with E-state index in [9.17, 15) is 38.4 Å². The van der Waals surface area contributed by atoms with Gasteiger partial charge in [-0.3, -0.25) is 68.0 Å². The van der Waals surface area contributed by atoms with E-state index in [-0.39, 0.29) is 81.7 Å². The van der Waals surface area contributed by atoms with Gasteiger partial charge in [0, 0.05) is 76.9 Å². The molecular weight excluding hydrogens is 1040 g/mol. The Bertz CT molecular complexity index is 3380. The maximum atomic E-state index is 14.0. The number of carbonyl (C=O) groups excluding carboxylic acids is 9. The van der Waals surface area contributed by atoms with Crippen LogP contribution in [0.5, 0.6) is 11.5 Å². The lowest BCUT2D eigenvalue weighted by molar-refractivity contribution is -0.142. The Labute approximate surface area is 459 Å². The van der Waals surface area contributed by atoms with Crippen molar-refractivity contribution in [2.24, 2.45) is 11.5 Å². The van der Waals surface area contributed by atoms with Crippen LogP contribution in [0.3, 0.4) is 0 Å². The number of aryl methyl sites for hydroxylation is 5. The lowest BCUT2D eigenvalue weighted by Crippen LogP contribution is -2.48. The van der Waals surface area contributed by atoms with Gasteiger partial charge in [0.05, 0.1) is 43.2 Å². The van der Waals surface area contributed by atoms with Crippen LogP contribution in [0.1, 0.15) is 87.8 Å². The molecule has 27 nitrogen and oxygen atoms in total. The molecule has 0 radical (unpaired) electrons. The standard InChI is InChI=1S/C52H62N14O11.CH3NO/c1-9-65-37(26-31(4)59-65)48(72)57-51-55-35-24-30(3)25-40(77-23-13-19-61(6)50(74)34(14-17-44(70)76-8)54-41(67)18-22-62-42(68)15-16-43(62)69)46(35)64(51)21-12-11-20-63-45-36(28-33(47(53)71)29-39(45)75-7)56-52(63)58-49(73)38-27-32(5)60-66(38)10-2;2-1-3/h11-12,15-16,24-29,34H,9-10,13-14,17-23H2,1-8H3,(H2,53,71)(H,54,67)(H,55,57,72)(H,56,58,73);1H,(H2,2,3)/b12-11+;. The average Bonchev–Trinajstić information content (AvgIpc) is 4.26. The first-order chi connectivity index (χ1) is 38.2. The second-order valence-corrected chi connectivity index (χ2v) is 18.2. The number of benzene rings is 2. The summed E-state index contributed by atoms with van der Waals surface area (Å²) < 4.78 is 23.6. The molecule has 4 aromatic heterocycles. The number of nitrogens with zero attached hydrogens (tertiary/aromatic N) is 10. The average molecular weight is 1100 g/mol. The van der Waals surface area contributed by atoms with Crippen molar-refractivity contribution >= 4 is 87.7 Å². The third-order valence-corrected chi connectivity index (χ3v) is 12.6. The molecule has 5 heterocycles. The van der Waals surface area contributed by atoms with E-state index in [1.54, 1.807) is 51.5 Å². The van der Waals surface area contributed by atoms with Crippen molar-refractivity contribution in [2.45, 2.75) is 92.5 Å². The molecule has 7 N–H and O–H groups in total. The number of hydrogen-bond donors (Lipinski definition) is 5. The zero-order valence-corrected chi connectivity index (χ0v) is 45.7. The summed E-state index contributed by atoms with van der Waals surface area (Å²) in [5.41, 5.74) is 14.6. The first kappa shape index (κ1) is 59.6. The van der Waals surface area contributed by atoms with Crippen molar-refractivity contribution in [1.29, 1.82) is 0 Å². The minimum atomic E-state index is -1.11. The number of carbonyl (C=O) groups is 9. The van der Waals surface area contributed by atoms with Crippen LogP contribution in [0.4, 0.5) is 11.9 Å². The third kappa shape index (κ3) is 14.3. The quantitative estimate of drug-likeness (QED) is 0.0181. The number of likely N-dealkylation sites (N-methyl/N-ethyl adjacent to an activating group) is 1. The zero-order chi connectivity index (χ0) is 58.4. The van der Waals surface area contributed by atoms with E-state index in [1.807, 2.05) is 45.1 Å². The molecule has 0 fully saturated rings. The number of rotatable bonds is 25. The molecule has 1 atom stereocenters. The number of methoxy groups -OCH3 is 2. The molecule has 0 saturated heterocycles. The smallest absolute Gasteiger partial charge is 0.305 e. The Morgan fingerprint density at radius 2 is 1.30 bits per heavy atom. The molecular formula is C53H65N15O12. The van der Waals surface area contributed by atoms with E-state index >= 15 is 0 Å². The first-order valence-corrected chi connectivity index (χ1v) is 25.4. The summed E-state index contributed by atoms with van der Waals surface area (Å²) in [7, 11) is 4.22. The molecule has 6 aromatic rings. The highest BCUT2D eigenvalue weighted by Crippen LogP contribution is 2.33. The minimum absolute atomic E-state index is 0.0608. The molecule has 0 bridgehead atoms. The van der Waals surface area contributed by atoms with E-state index in [4.69, 9.17) is 34.7 Å². The molecule has 0 spiro atoms. The van der Waals surface area contributed by atoms with Crippen molar-refractivity contribution < 1.29 is 57.4 Å². The van der Waals surface area contributed by atoms with Crippen molar-refractivity contribution in [3.8, 4) is 11.5 Å². The Morgan fingerprint density at radius 1 is 0.762 bits per heavy atom. The summed E-state index contributed by atoms with van der Waals surface area (Å²) in [5, 5.41) is 17.4. The molecule has 27 heteroatoms. The number of hydrogen-bond acceptors (Lipinski definition) is 16. The topological polar surface area (TPSA) is 347 Å². The molecule has 2 aromatic carbocycles. The summed E-state index contributed by atoms with van der Waals surface area (Å²) in [6.07, 6.45) is 6.00. The number of amides is 8. The summed E-state index contributed by atoms with van der Waals surface area (Å²) >= 11 is 0. The Hall–Kier alpha value is -9.69. The van der Waals surface area contributed by atoms with Crippen LogP contribution in [-0.4, -0.2) is 149 Å². The number of fused-ring (bicyclic) bond motifs is 2. The SMILES string of the molecule is CCn1nc(C)cc1C(=O)Nc1nc2cc(C(N)=O)cc(OC)c2n1C/C=C/Cn1c(NC(=O)c2cc(C)nn2CC)nc2cc(C)cc(OCCCN(C)C(=O)C(CCC(=O)OC)NC(=O)CCN3C(=O)C=CC3=O)c21.NC=O. The number of primary amides is 2. The second kappa shape index (κ2) is 27.1. The number of aromatic nitrogens is 8. The summed E-state index contributed by atoms with van der Waals surface area (Å²) in [6, 6.07) is 8.96. The van der Waals surface area contributed by atoms with Crippen molar-refractivity contribution in [3.05, 3.63) is 94.6 Å². The van der Waals surface area contributed by atoms with E-state index in [2.05, 4.69) is 31.9 Å². The molecule has 1 aliphatic rings. The van der Waals surface area contributed by atoms with Crippen LogP contribution < -0.4 is 36.9 Å². The normalized spacial score (nSPS) is 12.4. The van der Waals surface area contributed by atoms with Gasteiger partial charge in [-0.15, -0.1) is 0 Å². The number of imide groups is 1. The predicted octanol–water partition coefficient (Wildman–Crippen LogP) is 2.69. The Balaban J connectivity index is 0.00000336. The lowest BCUT2D eigenvalue weighted by atomic mass is 10.1. The third-order valence-electron chi connectivity index (χ3n) is 12.6. The molecule has 1 unspecified atom stereocenters. The highest BCUT2D eigenvalue weighted by atomic mass is 16.5. The first-order valence-electron chi connectivity index (χ1n) is 25.4. The van der Waals surface area contributed by atoms with Crippen LogP contribution in [0, 0.1) is 20.8 Å². The number of esters is 1. The highest BCUT2D eigenvalue weighted by molar-refractivity contribution is 6.13. The maximum Gasteiger partial charge on any atom is 0.305 e. The fraction of sp³-hybridized carbons (Fsp3) is 0.377. The number of ether oxygens (including phenoxy) is 3. The van der Waals surface area contributed by atoms with Crippen LogP contribution in [-0.2, 0) is 59.7 Å². The number of allylic oxidation sites excluding steroid dienone is 2. The number of imidazole rings is 2. The molecule has 8 amide bonds.